The Labute approximate surface area is 99.5 Å². The molecule has 1 atom stereocenters. The van der Waals surface area contributed by atoms with Crippen molar-refractivity contribution in [2.45, 2.75) is 19.4 Å². The summed E-state index contributed by atoms with van der Waals surface area (Å²) < 4.78 is 1.97. The molecule has 0 spiro atoms. The highest BCUT2D eigenvalue weighted by molar-refractivity contribution is 9.11. The molecular weight excluding hydrogens is 312 g/mol. The highest BCUT2D eigenvalue weighted by Crippen LogP contribution is 2.28. The summed E-state index contributed by atoms with van der Waals surface area (Å²) in [4.78, 5) is 10.1. The maximum Gasteiger partial charge on any atom is 0.0729 e. The van der Waals surface area contributed by atoms with Crippen LogP contribution >= 0.6 is 31.9 Å². The maximum absolute atomic E-state index is 10.1. The van der Waals surface area contributed by atoms with Crippen molar-refractivity contribution in [1.82, 2.24) is 5.43 Å². The Morgan fingerprint density at radius 1 is 1.50 bits per heavy atom. The van der Waals surface area contributed by atoms with Crippen molar-refractivity contribution in [3.05, 3.63) is 37.6 Å². The van der Waals surface area contributed by atoms with Crippen LogP contribution in [0, 0.1) is 4.91 Å². The first-order valence-electron chi connectivity index (χ1n) is 4.21. The molecule has 0 aliphatic heterocycles. The Bertz CT molecular complexity index is 331. The molecule has 0 fully saturated rings. The number of hydrogen-bond donors (Lipinski definition) is 1. The minimum Gasteiger partial charge on any atom is -0.266 e. The zero-order valence-electron chi connectivity index (χ0n) is 7.63. The quantitative estimate of drug-likeness (QED) is 0.674. The van der Waals surface area contributed by atoms with Crippen LogP contribution in [0.5, 0.6) is 0 Å². The molecule has 76 valence electrons. The lowest BCUT2D eigenvalue weighted by atomic mass is 10.1. The Hall–Kier alpha value is -0.420. The monoisotopic (exact) mass is 320 g/mol. The minimum atomic E-state index is -0.0324. The number of nitrogens with one attached hydrogen (secondary N) is 1. The van der Waals surface area contributed by atoms with E-state index in [4.69, 9.17) is 0 Å². The normalized spacial score (nSPS) is 12.2. The first-order valence-corrected chi connectivity index (χ1v) is 5.80. The number of rotatable bonds is 4. The number of nitroso groups, excluding NO2 is 1. The van der Waals surface area contributed by atoms with Gasteiger partial charge >= 0.3 is 0 Å². The fourth-order valence-corrected chi connectivity index (χ4v) is 2.55. The predicted octanol–water partition coefficient (Wildman–Crippen LogP) is 3.93. The Morgan fingerprint density at radius 3 is 2.71 bits per heavy atom. The lowest BCUT2D eigenvalue weighted by molar-refractivity contribution is 0.536. The van der Waals surface area contributed by atoms with E-state index in [-0.39, 0.29) is 6.04 Å². The van der Waals surface area contributed by atoms with E-state index in [0.29, 0.717) is 0 Å². The summed E-state index contributed by atoms with van der Waals surface area (Å²) in [6, 6.07) is 5.82. The number of hydrogen-bond acceptors (Lipinski definition) is 2. The van der Waals surface area contributed by atoms with Crippen LogP contribution in [0.4, 0.5) is 0 Å². The van der Waals surface area contributed by atoms with Gasteiger partial charge in [-0.05, 0) is 24.1 Å². The highest BCUT2D eigenvalue weighted by atomic mass is 79.9. The van der Waals surface area contributed by atoms with Crippen LogP contribution in [0.1, 0.15) is 24.9 Å². The number of nitrogens with zero attached hydrogens (tertiary/aromatic N) is 1. The zero-order chi connectivity index (χ0) is 10.6. The van der Waals surface area contributed by atoms with Gasteiger partial charge in [0.15, 0.2) is 0 Å². The first-order chi connectivity index (χ1) is 6.69. The van der Waals surface area contributed by atoms with Crippen molar-refractivity contribution in [2.24, 2.45) is 5.29 Å². The molecular formula is C9H10Br2N2O. The van der Waals surface area contributed by atoms with E-state index >= 15 is 0 Å². The van der Waals surface area contributed by atoms with Crippen molar-refractivity contribution in [2.75, 3.05) is 0 Å². The van der Waals surface area contributed by atoms with Gasteiger partial charge in [-0.2, -0.15) is 0 Å². The van der Waals surface area contributed by atoms with Crippen LogP contribution in [-0.4, -0.2) is 0 Å². The molecule has 1 rings (SSSR count). The van der Waals surface area contributed by atoms with Gasteiger partial charge in [-0.15, -0.1) is 4.91 Å². The SMILES string of the molecule is CCC(NN=O)c1ccc(Br)cc1Br. The van der Waals surface area contributed by atoms with Gasteiger partial charge in [0.05, 0.1) is 11.3 Å². The zero-order valence-corrected chi connectivity index (χ0v) is 10.8. The molecule has 1 aromatic rings. The van der Waals surface area contributed by atoms with E-state index in [0.717, 1.165) is 20.9 Å². The lowest BCUT2D eigenvalue weighted by Crippen LogP contribution is -2.14. The molecule has 1 unspecified atom stereocenters. The predicted molar refractivity (Wildman–Crippen MR) is 63.8 cm³/mol. The second kappa shape index (κ2) is 5.46. The summed E-state index contributed by atoms with van der Waals surface area (Å²) in [6.07, 6.45) is 0.811. The molecule has 0 amide bonds. The van der Waals surface area contributed by atoms with Gasteiger partial charge in [-0.25, -0.2) is 0 Å². The largest absolute Gasteiger partial charge is 0.266 e. The van der Waals surface area contributed by atoms with E-state index in [9.17, 15) is 4.91 Å². The van der Waals surface area contributed by atoms with E-state index < -0.39 is 0 Å². The fourth-order valence-electron chi connectivity index (χ4n) is 1.23. The highest BCUT2D eigenvalue weighted by Gasteiger charge is 2.11. The second-order valence-corrected chi connectivity index (χ2v) is 4.62. The average Bonchev–Trinajstić information content (AvgIpc) is 2.15. The van der Waals surface area contributed by atoms with Crippen molar-refractivity contribution in [3.63, 3.8) is 0 Å². The topological polar surface area (TPSA) is 41.5 Å². The third kappa shape index (κ3) is 2.78. The molecule has 0 saturated heterocycles. The molecule has 14 heavy (non-hydrogen) atoms. The van der Waals surface area contributed by atoms with Gasteiger partial charge < -0.3 is 0 Å². The van der Waals surface area contributed by atoms with Crippen molar-refractivity contribution < 1.29 is 0 Å². The van der Waals surface area contributed by atoms with Crippen molar-refractivity contribution in [1.29, 1.82) is 0 Å². The number of halogens is 2. The summed E-state index contributed by atoms with van der Waals surface area (Å²) in [5.74, 6) is 0. The Kier molecular flexibility index (Phi) is 4.54. The molecule has 3 nitrogen and oxygen atoms in total. The summed E-state index contributed by atoms with van der Waals surface area (Å²) in [7, 11) is 0. The Morgan fingerprint density at radius 2 is 2.21 bits per heavy atom. The summed E-state index contributed by atoms with van der Waals surface area (Å²) >= 11 is 6.82. The smallest absolute Gasteiger partial charge is 0.0729 e. The van der Waals surface area contributed by atoms with Gasteiger partial charge in [0.1, 0.15) is 0 Å². The molecule has 1 N–H and O–H groups in total. The average molecular weight is 322 g/mol. The summed E-state index contributed by atoms with van der Waals surface area (Å²) in [5.41, 5.74) is 3.57. The lowest BCUT2D eigenvalue weighted by Gasteiger charge is -2.14. The summed E-state index contributed by atoms with van der Waals surface area (Å²) in [6.45, 7) is 2.00. The first kappa shape index (κ1) is 11.7. The molecule has 0 heterocycles. The standard InChI is InChI=1S/C9H10Br2N2O/c1-2-9(12-13-14)7-4-3-6(10)5-8(7)11/h3-5,9H,2H2,1H3,(H,12,14). The molecule has 0 bridgehead atoms. The molecule has 0 aromatic heterocycles. The van der Waals surface area contributed by atoms with E-state index in [1.54, 1.807) is 0 Å². The van der Waals surface area contributed by atoms with Gasteiger partial charge in [-0.3, -0.25) is 5.43 Å². The van der Waals surface area contributed by atoms with Crippen molar-refractivity contribution in [3.8, 4) is 0 Å². The van der Waals surface area contributed by atoms with Crippen LogP contribution < -0.4 is 5.43 Å². The van der Waals surface area contributed by atoms with Crippen LogP contribution in [0.15, 0.2) is 32.4 Å². The summed E-state index contributed by atoms with van der Waals surface area (Å²) in [5, 5.41) is 2.71. The fraction of sp³-hybridized carbons (Fsp3) is 0.333. The van der Waals surface area contributed by atoms with E-state index in [1.807, 2.05) is 25.1 Å². The van der Waals surface area contributed by atoms with Crippen LogP contribution in [0.25, 0.3) is 0 Å². The van der Waals surface area contributed by atoms with Gasteiger partial charge in [0.2, 0.25) is 0 Å². The number of benzene rings is 1. The molecule has 5 heteroatoms. The van der Waals surface area contributed by atoms with Crippen molar-refractivity contribution >= 4 is 31.9 Å². The third-order valence-corrected chi connectivity index (χ3v) is 3.13. The second-order valence-electron chi connectivity index (χ2n) is 2.85. The van der Waals surface area contributed by atoms with Gasteiger partial charge in [0, 0.05) is 8.95 Å². The molecule has 0 aliphatic carbocycles. The van der Waals surface area contributed by atoms with Gasteiger partial charge in [-0.1, -0.05) is 44.8 Å². The van der Waals surface area contributed by atoms with Crippen LogP contribution in [0.3, 0.4) is 0 Å². The molecule has 1 aromatic carbocycles. The third-order valence-electron chi connectivity index (χ3n) is 1.95. The van der Waals surface area contributed by atoms with Crippen LogP contribution in [-0.2, 0) is 0 Å². The molecule has 0 saturated carbocycles. The maximum atomic E-state index is 10.1. The van der Waals surface area contributed by atoms with E-state index in [2.05, 4.69) is 42.6 Å². The van der Waals surface area contributed by atoms with E-state index in [1.165, 1.54) is 0 Å². The Balaban J connectivity index is 2.97. The van der Waals surface area contributed by atoms with Crippen LogP contribution in [0.2, 0.25) is 0 Å². The molecule has 0 radical (unpaired) electrons. The molecule has 0 aliphatic rings. The minimum absolute atomic E-state index is 0.0324. The van der Waals surface area contributed by atoms with Gasteiger partial charge in [0.25, 0.3) is 0 Å².